The summed E-state index contributed by atoms with van der Waals surface area (Å²) in [5.74, 6) is 7.45. The molecule has 0 aliphatic carbocycles. The van der Waals surface area contributed by atoms with Crippen molar-refractivity contribution in [3.8, 4) is 0 Å². The molecule has 1 aromatic carbocycles. The van der Waals surface area contributed by atoms with Crippen LogP contribution in [0.1, 0.15) is 17.1 Å². The van der Waals surface area contributed by atoms with E-state index in [9.17, 15) is 0 Å². The number of thioether (sulfide) groups is 1. The zero-order chi connectivity index (χ0) is 14.4. The van der Waals surface area contributed by atoms with Crippen LogP contribution in [0.4, 0.5) is 5.82 Å². The van der Waals surface area contributed by atoms with Gasteiger partial charge in [-0.15, -0.1) is 11.8 Å². The number of nitrogens with zero attached hydrogens (tertiary/aromatic N) is 2. The molecule has 0 radical (unpaired) electrons. The van der Waals surface area contributed by atoms with Gasteiger partial charge < -0.3 is 10.2 Å². The summed E-state index contributed by atoms with van der Waals surface area (Å²) in [6.07, 6.45) is 0. The predicted octanol–water partition coefficient (Wildman–Crippen LogP) is 2.51. The third-order valence-electron chi connectivity index (χ3n) is 2.62. The van der Waals surface area contributed by atoms with Gasteiger partial charge in [0.05, 0.1) is 18.1 Å². The van der Waals surface area contributed by atoms with Crippen LogP contribution < -0.4 is 11.3 Å². The average Bonchev–Trinajstić information content (AvgIpc) is 2.45. The molecule has 0 atom stereocenters. The molecule has 2 rings (SSSR count). The molecule has 2 aromatic rings. The molecule has 0 unspecified atom stereocenters. The lowest BCUT2D eigenvalue weighted by Gasteiger charge is -2.07. The van der Waals surface area contributed by atoms with E-state index in [0.717, 1.165) is 11.5 Å². The van der Waals surface area contributed by atoms with Crippen molar-refractivity contribution in [2.24, 2.45) is 5.84 Å². The number of anilines is 1. The largest absolute Gasteiger partial charge is 0.378 e. The number of nitrogen functional groups attached to an aromatic ring is 1. The van der Waals surface area contributed by atoms with E-state index in [-0.39, 0.29) is 0 Å². The molecule has 0 saturated carbocycles. The zero-order valence-corrected chi connectivity index (χ0v) is 12.4. The standard InChI is InChI=1S/C14H18N4OS/c1-10-4-3-5-12(6-10)20-9-14-16-11(8-19-2)7-13(17-14)18-15/h3-7H,8-9,15H2,1-2H3,(H,16,17,18). The fourth-order valence-electron chi connectivity index (χ4n) is 1.77. The smallest absolute Gasteiger partial charge is 0.144 e. The van der Waals surface area contributed by atoms with Crippen molar-refractivity contribution < 1.29 is 4.74 Å². The summed E-state index contributed by atoms with van der Waals surface area (Å²) in [7, 11) is 1.64. The molecular weight excluding hydrogens is 272 g/mol. The lowest BCUT2D eigenvalue weighted by molar-refractivity contribution is 0.181. The van der Waals surface area contributed by atoms with Gasteiger partial charge in [-0.3, -0.25) is 0 Å². The van der Waals surface area contributed by atoms with Crippen molar-refractivity contribution in [1.29, 1.82) is 0 Å². The van der Waals surface area contributed by atoms with Gasteiger partial charge in [-0.2, -0.15) is 0 Å². The molecule has 1 aromatic heterocycles. The highest BCUT2D eigenvalue weighted by atomic mass is 32.2. The van der Waals surface area contributed by atoms with Crippen molar-refractivity contribution in [2.45, 2.75) is 24.2 Å². The van der Waals surface area contributed by atoms with Crippen LogP contribution in [0.15, 0.2) is 35.2 Å². The molecule has 0 fully saturated rings. The molecule has 0 spiro atoms. The lowest BCUT2D eigenvalue weighted by Crippen LogP contribution is -2.11. The Labute approximate surface area is 122 Å². The summed E-state index contributed by atoms with van der Waals surface area (Å²) in [6.45, 7) is 2.52. The Kier molecular flexibility index (Phi) is 5.34. The molecule has 5 nitrogen and oxygen atoms in total. The Bertz CT molecular complexity index is 577. The van der Waals surface area contributed by atoms with Crippen LogP contribution in [0, 0.1) is 6.92 Å². The average molecular weight is 290 g/mol. The maximum absolute atomic E-state index is 5.42. The number of hydrogen-bond acceptors (Lipinski definition) is 6. The Morgan fingerprint density at radius 1 is 1.30 bits per heavy atom. The van der Waals surface area contributed by atoms with Crippen LogP contribution in [-0.4, -0.2) is 17.1 Å². The normalized spacial score (nSPS) is 10.6. The highest BCUT2D eigenvalue weighted by molar-refractivity contribution is 7.98. The van der Waals surface area contributed by atoms with Gasteiger partial charge >= 0.3 is 0 Å². The summed E-state index contributed by atoms with van der Waals surface area (Å²) < 4.78 is 5.10. The van der Waals surface area contributed by atoms with Gasteiger partial charge in [-0.1, -0.05) is 17.7 Å². The van der Waals surface area contributed by atoms with Gasteiger partial charge in [0.25, 0.3) is 0 Å². The molecular formula is C14H18N4OS. The number of hydrazine groups is 1. The number of methoxy groups -OCH3 is 1. The quantitative estimate of drug-likeness (QED) is 0.484. The monoisotopic (exact) mass is 290 g/mol. The molecule has 0 aliphatic heterocycles. The molecule has 0 bridgehead atoms. The highest BCUT2D eigenvalue weighted by Crippen LogP contribution is 2.22. The second-order valence-electron chi connectivity index (χ2n) is 4.34. The van der Waals surface area contributed by atoms with Gasteiger partial charge in [0, 0.05) is 18.1 Å². The number of ether oxygens (including phenoxy) is 1. The van der Waals surface area contributed by atoms with Crippen LogP contribution in [0.3, 0.4) is 0 Å². The maximum Gasteiger partial charge on any atom is 0.144 e. The Morgan fingerprint density at radius 3 is 2.85 bits per heavy atom. The van der Waals surface area contributed by atoms with Crippen molar-refractivity contribution in [3.63, 3.8) is 0 Å². The highest BCUT2D eigenvalue weighted by Gasteiger charge is 2.05. The van der Waals surface area contributed by atoms with E-state index in [1.807, 2.05) is 6.07 Å². The van der Waals surface area contributed by atoms with Crippen LogP contribution in [0.2, 0.25) is 0 Å². The van der Waals surface area contributed by atoms with E-state index in [1.165, 1.54) is 10.5 Å². The fraction of sp³-hybridized carbons (Fsp3) is 0.286. The molecule has 6 heteroatoms. The summed E-state index contributed by atoms with van der Waals surface area (Å²) in [5, 5.41) is 0. The van der Waals surface area contributed by atoms with Crippen LogP contribution in [0.5, 0.6) is 0 Å². The van der Waals surface area contributed by atoms with Crippen molar-refractivity contribution >= 4 is 17.6 Å². The number of nitrogens with two attached hydrogens (primary N) is 1. The third-order valence-corrected chi connectivity index (χ3v) is 3.61. The minimum atomic E-state index is 0.444. The Morgan fingerprint density at radius 2 is 2.15 bits per heavy atom. The lowest BCUT2D eigenvalue weighted by atomic mass is 10.2. The molecule has 0 amide bonds. The van der Waals surface area contributed by atoms with E-state index < -0.39 is 0 Å². The third kappa shape index (κ3) is 4.19. The molecule has 0 aliphatic rings. The zero-order valence-electron chi connectivity index (χ0n) is 11.6. The summed E-state index contributed by atoms with van der Waals surface area (Å²) in [6, 6.07) is 10.1. The topological polar surface area (TPSA) is 73.1 Å². The van der Waals surface area contributed by atoms with Crippen molar-refractivity contribution in [2.75, 3.05) is 12.5 Å². The number of benzene rings is 1. The Balaban J connectivity index is 2.10. The van der Waals surface area contributed by atoms with E-state index >= 15 is 0 Å². The molecule has 1 heterocycles. The van der Waals surface area contributed by atoms with Gasteiger partial charge in [0.1, 0.15) is 11.6 Å². The number of nitrogens with one attached hydrogen (secondary N) is 1. The number of aromatic nitrogens is 2. The maximum atomic E-state index is 5.42. The minimum Gasteiger partial charge on any atom is -0.378 e. The second kappa shape index (κ2) is 7.23. The van der Waals surface area contributed by atoms with E-state index in [0.29, 0.717) is 18.2 Å². The van der Waals surface area contributed by atoms with Crippen molar-refractivity contribution in [1.82, 2.24) is 9.97 Å². The first kappa shape index (κ1) is 14.8. The van der Waals surface area contributed by atoms with Gasteiger partial charge in [-0.25, -0.2) is 15.8 Å². The van der Waals surface area contributed by atoms with Gasteiger partial charge in [0.2, 0.25) is 0 Å². The first-order valence-electron chi connectivity index (χ1n) is 6.23. The molecule has 20 heavy (non-hydrogen) atoms. The number of rotatable bonds is 6. The number of hydrogen-bond donors (Lipinski definition) is 2. The van der Waals surface area contributed by atoms with Crippen LogP contribution >= 0.6 is 11.8 Å². The SMILES string of the molecule is COCc1cc(NN)nc(CSc2cccc(C)c2)n1. The van der Waals surface area contributed by atoms with E-state index in [4.69, 9.17) is 10.6 Å². The van der Waals surface area contributed by atoms with Crippen LogP contribution in [0.25, 0.3) is 0 Å². The minimum absolute atomic E-state index is 0.444. The second-order valence-corrected chi connectivity index (χ2v) is 5.39. The fourth-order valence-corrected chi connectivity index (χ4v) is 2.63. The van der Waals surface area contributed by atoms with E-state index in [1.54, 1.807) is 24.9 Å². The van der Waals surface area contributed by atoms with Crippen LogP contribution in [-0.2, 0) is 17.1 Å². The molecule has 0 saturated heterocycles. The number of aryl methyl sites for hydroxylation is 1. The van der Waals surface area contributed by atoms with Crippen molar-refractivity contribution in [3.05, 3.63) is 47.4 Å². The first-order chi connectivity index (χ1) is 9.71. The summed E-state index contributed by atoms with van der Waals surface area (Å²) in [4.78, 5) is 10.0. The first-order valence-corrected chi connectivity index (χ1v) is 7.21. The summed E-state index contributed by atoms with van der Waals surface area (Å²) >= 11 is 1.70. The molecule has 3 N–H and O–H groups in total. The van der Waals surface area contributed by atoms with E-state index in [2.05, 4.69) is 40.5 Å². The summed E-state index contributed by atoms with van der Waals surface area (Å²) in [5.41, 5.74) is 4.62. The predicted molar refractivity (Wildman–Crippen MR) is 81.3 cm³/mol. The van der Waals surface area contributed by atoms with Gasteiger partial charge in [0.15, 0.2) is 0 Å². The molecule has 106 valence electrons. The van der Waals surface area contributed by atoms with Gasteiger partial charge in [-0.05, 0) is 19.1 Å². The Hall–Kier alpha value is -1.63.